The summed E-state index contributed by atoms with van der Waals surface area (Å²) in [4.78, 5) is 2.90. The summed E-state index contributed by atoms with van der Waals surface area (Å²) in [7, 11) is 0. The SMILES string of the molecule is Cc1c[nH]c(=S)n1-c1ccc(F)cc1Cl. The Morgan fingerprint density at radius 3 is 2.73 bits per heavy atom. The van der Waals surface area contributed by atoms with Gasteiger partial charge in [-0.2, -0.15) is 0 Å². The normalized spacial score (nSPS) is 10.6. The first-order chi connectivity index (χ1) is 7.09. The van der Waals surface area contributed by atoms with Crippen molar-refractivity contribution in [2.45, 2.75) is 6.92 Å². The van der Waals surface area contributed by atoms with Crippen molar-refractivity contribution in [3.05, 3.63) is 45.7 Å². The van der Waals surface area contributed by atoms with Crippen LogP contribution in [0.4, 0.5) is 4.39 Å². The van der Waals surface area contributed by atoms with E-state index in [2.05, 4.69) is 4.98 Å². The fourth-order valence-corrected chi connectivity index (χ4v) is 1.97. The van der Waals surface area contributed by atoms with E-state index in [0.717, 1.165) is 5.69 Å². The molecule has 2 rings (SSSR count). The van der Waals surface area contributed by atoms with E-state index in [1.807, 2.05) is 6.92 Å². The summed E-state index contributed by atoms with van der Waals surface area (Å²) in [5, 5.41) is 0.341. The molecule has 1 aromatic heterocycles. The zero-order valence-corrected chi connectivity index (χ0v) is 9.49. The molecule has 0 aliphatic carbocycles. The summed E-state index contributed by atoms with van der Waals surface area (Å²) >= 11 is 11.0. The van der Waals surface area contributed by atoms with Crippen LogP contribution in [0, 0.1) is 17.5 Å². The molecule has 78 valence electrons. The quantitative estimate of drug-likeness (QED) is 0.758. The maximum Gasteiger partial charge on any atom is 0.182 e. The molecule has 1 heterocycles. The summed E-state index contributed by atoms with van der Waals surface area (Å²) in [6, 6.07) is 4.23. The van der Waals surface area contributed by atoms with Crippen LogP contribution in [0.2, 0.25) is 5.02 Å². The molecule has 5 heteroatoms. The summed E-state index contributed by atoms with van der Waals surface area (Å²) in [5.41, 5.74) is 1.61. The van der Waals surface area contributed by atoms with Crippen molar-refractivity contribution in [3.63, 3.8) is 0 Å². The summed E-state index contributed by atoms with van der Waals surface area (Å²) in [6.45, 7) is 1.89. The molecule has 2 aromatic rings. The van der Waals surface area contributed by atoms with Gasteiger partial charge in [-0.15, -0.1) is 0 Å². The van der Waals surface area contributed by atoms with E-state index in [9.17, 15) is 4.39 Å². The van der Waals surface area contributed by atoms with Crippen molar-refractivity contribution < 1.29 is 4.39 Å². The molecule has 0 saturated carbocycles. The maximum atomic E-state index is 12.9. The lowest BCUT2D eigenvalue weighted by Gasteiger charge is -2.07. The van der Waals surface area contributed by atoms with E-state index in [4.69, 9.17) is 23.8 Å². The second-order valence-electron chi connectivity index (χ2n) is 3.17. The molecule has 0 spiro atoms. The number of nitrogens with zero attached hydrogens (tertiary/aromatic N) is 1. The standard InChI is InChI=1S/C10H8ClFN2S/c1-6-5-13-10(15)14(6)9-3-2-7(12)4-8(9)11/h2-5H,1H3,(H,13,15). The second kappa shape index (κ2) is 3.79. The molecule has 0 unspecified atom stereocenters. The summed E-state index contributed by atoms with van der Waals surface area (Å²) < 4.78 is 15.2. The third kappa shape index (κ3) is 1.82. The lowest BCUT2D eigenvalue weighted by molar-refractivity contribution is 0.627. The average Bonchev–Trinajstić information content (AvgIpc) is 2.48. The van der Waals surface area contributed by atoms with E-state index in [1.165, 1.54) is 12.1 Å². The van der Waals surface area contributed by atoms with E-state index in [0.29, 0.717) is 15.5 Å². The van der Waals surface area contributed by atoms with Crippen molar-refractivity contribution in [2.75, 3.05) is 0 Å². The fourth-order valence-electron chi connectivity index (χ4n) is 1.42. The Morgan fingerprint density at radius 2 is 2.20 bits per heavy atom. The van der Waals surface area contributed by atoms with Gasteiger partial charge in [-0.3, -0.25) is 4.57 Å². The predicted molar refractivity (Wildman–Crippen MR) is 60.7 cm³/mol. The van der Waals surface area contributed by atoms with Gasteiger partial charge in [0.2, 0.25) is 0 Å². The second-order valence-corrected chi connectivity index (χ2v) is 3.96. The van der Waals surface area contributed by atoms with Crippen LogP contribution in [0.3, 0.4) is 0 Å². The molecule has 0 aliphatic heterocycles. The number of H-pyrrole nitrogens is 1. The number of hydrogen-bond acceptors (Lipinski definition) is 1. The average molecular weight is 243 g/mol. The largest absolute Gasteiger partial charge is 0.337 e. The number of aryl methyl sites for hydroxylation is 1. The highest BCUT2D eigenvalue weighted by atomic mass is 35.5. The van der Waals surface area contributed by atoms with Crippen molar-refractivity contribution in [2.24, 2.45) is 0 Å². The van der Waals surface area contributed by atoms with E-state index >= 15 is 0 Å². The van der Waals surface area contributed by atoms with Crippen LogP contribution in [0.15, 0.2) is 24.4 Å². The number of nitrogens with one attached hydrogen (secondary N) is 1. The molecule has 0 fully saturated rings. The number of aromatic amines is 1. The Hall–Kier alpha value is -1.13. The van der Waals surface area contributed by atoms with Crippen LogP contribution >= 0.6 is 23.8 Å². The zero-order chi connectivity index (χ0) is 11.0. The molecule has 0 amide bonds. The molecule has 0 atom stereocenters. The van der Waals surface area contributed by atoms with Crippen molar-refractivity contribution in [1.82, 2.24) is 9.55 Å². The molecule has 1 aromatic carbocycles. The van der Waals surface area contributed by atoms with Gasteiger partial charge >= 0.3 is 0 Å². The molecule has 15 heavy (non-hydrogen) atoms. The number of rotatable bonds is 1. The highest BCUT2D eigenvalue weighted by molar-refractivity contribution is 7.71. The lowest BCUT2D eigenvalue weighted by Crippen LogP contribution is -1.97. The number of aromatic nitrogens is 2. The van der Waals surface area contributed by atoms with Gasteiger partial charge in [0.15, 0.2) is 4.77 Å². The highest BCUT2D eigenvalue weighted by Crippen LogP contribution is 2.22. The molecule has 2 nitrogen and oxygen atoms in total. The van der Waals surface area contributed by atoms with E-state index in [-0.39, 0.29) is 5.82 Å². The minimum Gasteiger partial charge on any atom is -0.337 e. The Kier molecular flexibility index (Phi) is 2.63. The van der Waals surface area contributed by atoms with Gasteiger partial charge in [-0.25, -0.2) is 4.39 Å². The minimum absolute atomic E-state index is 0.341. The van der Waals surface area contributed by atoms with Crippen LogP contribution in [0.5, 0.6) is 0 Å². The van der Waals surface area contributed by atoms with Gasteiger partial charge in [0.1, 0.15) is 5.82 Å². The van der Waals surface area contributed by atoms with Crippen LogP contribution in [-0.4, -0.2) is 9.55 Å². The first kappa shape index (κ1) is 10.4. The summed E-state index contributed by atoms with van der Waals surface area (Å²) in [6.07, 6.45) is 1.78. The van der Waals surface area contributed by atoms with Gasteiger partial charge in [-0.05, 0) is 37.3 Å². The molecular weight excluding hydrogens is 235 g/mol. The Morgan fingerprint density at radius 1 is 1.47 bits per heavy atom. The van der Waals surface area contributed by atoms with Gasteiger partial charge < -0.3 is 4.98 Å². The monoisotopic (exact) mass is 242 g/mol. The topological polar surface area (TPSA) is 20.7 Å². The van der Waals surface area contributed by atoms with Gasteiger partial charge in [0, 0.05) is 11.9 Å². The summed E-state index contributed by atoms with van der Waals surface area (Å²) in [5.74, 6) is -0.358. The number of imidazole rings is 1. The number of benzene rings is 1. The van der Waals surface area contributed by atoms with Crippen LogP contribution in [-0.2, 0) is 0 Å². The van der Waals surface area contributed by atoms with Gasteiger partial charge in [0.05, 0.1) is 10.7 Å². The van der Waals surface area contributed by atoms with E-state index in [1.54, 1.807) is 16.8 Å². The smallest absolute Gasteiger partial charge is 0.182 e. The maximum absolute atomic E-state index is 12.9. The Bertz CT molecular complexity index is 559. The Balaban J connectivity index is 2.69. The number of halogens is 2. The lowest BCUT2D eigenvalue weighted by atomic mass is 10.3. The number of hydrogen-bond donors (Lipinski definition) is 1. The fraction of sp³-hybridized carbons (Fsp3) is 0.100. The predicted octanol–water partition coefficient (Wildman–Crippen LogP) is 3.64. The van der Waals surface area contributed by atoms with Crippen molar-refractivity contribution in [1.29, 1.82) is 0 Å². The van der Waals surface area contributed by atoms with Crippen LogP contribution < -0.4 is 0 Å². The van der Waals surface area contributed by atoms with E-state index < -0.39 is 0 Å². The van der Waals surface area contributed by atoms with Crippen LogP contribution in [0.25, 0.3) is 5.69 Å². The third-order valence-corrected chi connectivity index (χ3v) is 2.71. The third-order valence-electron chi connectivity index (χ3n) is 2.11. The molecule has 0 radical (unpaired) electrons. The first-order valence-electron chi connectivity index (χ1n) is 4.32. The molecule has 0 aliphatic rings. The van der Waals surface area contributed by atoms with Crippen LogP contribution in [0.1, 0.15) is 5.69 Å². The molecular formula is C10H8ClFN2S. The Labute approximate surface area is 96.3 Å². The van der Waals surface area contributed by atoms with Gasteiger partial charge in [0.25, 0.3) is 0 Å². The molecule has 0 bridgehead atoms. The minimum atomic E-state index is -0.358. The zero-order valence-electron chi connectivity index (χ0n) is 7.92. The highest BCUT2D eigenvalue weighted by Gasteiger charge is 2.07. The van der Waals surface area contributed by atoms with Crippen molar-refractivity contribution in [3.8, 4) is 5.69 Å². The van der Waals surface area contributed by atoms with Gasteiger partial charge in [-0.1, -0.05) is 11.6 Å². The molecule has 1 N–H and O–H groups in total. The molecule has 0 saturated heterocycles. The first-order valence-corrected chi connectivity index (χ1v) is 5.10. The van der Waals surface area contributed by atoms with Crippen molar-refractivity contribution >= 4 is 23.8 Å².